The van der Waals surface area contributed by atoms with Gasteiger partial charge in [-0.1, -0.05) is 23.7 Å². The fraction of sp³-hybridized carbons (Fsp3) is 0.190. The van der Waals surface area contributed by atoms with Crippen molar-refractivity contribution in [1.82, 2.24) is 4.98 Å². The lowest BCUT2D eigenvalue weighted by molar-refractivity contribution is 0.467. The van der Waals surface area contributed by atoms with Crippen LogP contribution in [0.15, 0.2) is 46.6 Å². The minimum absolute atomic E-state index is 0.321. The molecule has 0 radical (unpaired) electrons. The average molecular weight is 398 g/mol. The average Bonchev–Trinajstić information content (AvgIpc) is 3.02. The number of halogens is 1. The van der Waals surface area contributed by atoms with Crippen LogP contribution in [0.5, 0.6) is 5.75 Å². The number of rotatable bonds is 4. The molecule has 2 aromatic carbocycles. The van der Waals surface area contributed by atoms with E-state index in [2.05, 4.69) is 15.2 Å². The maximum absolute atomic E-state index is 9.85. The number of aromatic hydroxyl groups is 1. The second-order valence-corrected chi connectivity index (χ2v) is 7.81. The van der Waals surface area contributed by atoms with E-state index in [1.807, 2.05) is 64.1 Å². The SMILES string of the molecule is C/C(=N\N=C\c1cc(C)c(O)c(C)c1)c1sc(-c2ccc(Cl)cc2)nc1C. The van der Waals surface area contributed by atoms with Gasteiger partial charge in [0.1, 0.15) is 10.8 Å². The highest BCUT2D eigenvalue weighted by atomic mass is 35.5. The Balaban J connectivity index is 1.83. The van der Waals surface area contributed by atoms with E-state index in [1.165, 1.54) is 0 Å². The summed E-state index contributed by atoms with van der Waals surface area (Å²) in [5.41, 5.74) is 5.32. The smallest absolute Gasteiger partial charge is 0.124 e. The zero-order valence-corrected chi connectivity index (χ0v) is 17.2. The van der Waals surface area contributed by atoms with Crippen molar-refractivity contribution >= 4 is 34.9 Å². The van der Waals surface area contributed by atoms with Crippen LogP contribution < -0.4 is 0 Å². The first-order valence-electron chi connectivity index (χ1n) is 8.46. The number of benzene rings is 2. The highest BCUT2D eigenvalue weighted by Gasteiger charge is 2.12. The Morgan fingerprint density at radius 1 is 1.11 bits per heavy atom. The molecule has 1 N–H and O–H groups in total. The van der Waals surface area contributed by atoms with Crippen LogP contribution in [0.4, 0.5) is 0 Å². The van der Waals surface area contributed by atoms with Gasteiger partial charge in [-0.25, -0.2) is 4.98 Å². The molecule has 0 amide bonds. The Labute approximate surface area is 167 Å². The van der Waals surface area contributed by atoms with Crippen LogP contribution in [0.1, 0.15) is 34.2 Å². The summed E-state index contributed by atoms with van der Waals surface area (Å²) >= 11 is 7.54. The Bertz CT molecular complexity index is 1010. The Morgan fingerprint density at radius 2 is 1.74 bits per heavy atom. The summed E-state index contributed by atoms with van der Waals surface area (Å²) in [6, 6.07) is 11.4. The van der Waals surface area contributed by atoms with Crippen molar-refractivity contribution < 1.29 is 5.11 Å². The van der Waals surface area contributed by atoms with E-state index in [0.717, 1.165) is 43.5 Å². The van der Waals surface area contributed by atoms with Crippen LogP contribution in [0, 0.1) is 20.8 Å². The molecule has 3 aromatic rings. The molecule has 0 saturated carbocycles. The number of aryl methyl sites for hydroxylation is 3. The van der Waals surface area contributed by atoms with Crippen molar-refractivity contribution in [3.63, 3.8) is 0 Å². The summed E-state index contributed by atoms with van der Waals surface area (Å²) in [6.45, 7) is 7.64. The van der Waals surface area contributed by atoms with Crippen LogP contribution >= 0.6 is 22.9 Å². The van der Waals surface area contributed by atoms with E-state index in [4.69, 9.17) is 11.6 Å². The minimum Gasteiger partial charge on any atom is -0.507 e. The van der Waals surface area contributed by atoms with Gasteiger partial charge in [0.2, 0.25) is 0 Å². The lowest BCUT2D eigenvalue weighted by Gasteiger charge is -2.03. The second-order valence-electron chi connectivity index (χ2n) is 6.37. The third kappa shape index (κ3) is 4.43. The summed E-state index contributed by atoms with van der Waals surface area (Å²) in [6.07, 6.45) is 1.69. The van der Waals surface area contributed by atoms with Gasteiger partial charge in [-0.3, -0.25) is 0 Å². The van der Waals surface area contributed by atoms with E-state index >= 15 is 0 Å². The van der Waals surface area contributed by atoms with E-state index in [1.54, 1.807) is 17.6 Å². The van der Waals surface area contributed by atoms with Gasteiger partial charge in [0.05, 0.1) is 22.5 Å². The molecule has 27 heavy (non-hydrogen) atoms. The van der Waals surface area contributed by atoms with Crippen molar-refractivity contribution in [3.8, 4) is 16.3 Å². The number of hydrogen-bond donors (Lipinski definition) is 1. The van der Waals surface area contributed by atoms with Gasteiger partial charge in [-0.2, -0.15) is 10.2 Å². The summed E-state index contributed by atoms with van der Waals surface area (Å²) in [7, 11) is 0. The van der Waals surface area contributed by atoms with Gasteiger partial charge in [-0.05, 0) is 68.7 Å². The second kappa shape index (κ2) is 8.03. The zero-order valence-electron chi connectivity index (χ0n) is 15.6. The number of thiazole rings is 1. The van der Waals surface area contributed by atoms with Crippen molar-refractivity contribution in [3.05, 3.63) is 68.7 Å². The molecule has 4 nitrogen and oxygen atoms in total. The molecular formula is C21H20ClN3OS. The van der Waals surface area contributed by atoms with Crippen LogP contribution in [-0.2, 0) is 0 Å². The standard InChI is InChI=1S/C21H20ClN3OS/c1-12-9-16(10-13(2)19(12)26)11-23-25-15(4)20-14(3)24-21(27-20)17-5-7-18(22)8-6-17/h5-11,26H,1-4H3/b23-11+,25-15+. The van der Waals surface area contributed by atoms with Gasteiger partial charge >= 0.3 is 0 Å². The molecule has 0 atom stereocenters. The maximum Gasteiger partial charge on any atom is 0.124 e. The van der Waals surface area contributed by atoms with Gasteiger partial charge in [0.25, 0.3) is 0 Å². The van der Waals surface area contributed by atoms with Gasteiger partial charge in [0.15, 0.2) is 0 Å². The van der Waals surface area contributed by atoms with Crippen molar-refractivity contribution in [1.29, 1.82) is 0 Å². The quantitative estimate of drug-likeness (QED) is 0.437. The molecule has 3 rings (SSSR count). The van der Waals surface area contributed by atoms with E-state index in [-0.39, 0.29) is 0 Å². The molecule has 0 aliphatic carbocycles. The van der Waals surface area contributed by atoms with E-state index in [0.29, 0.717) is 10.8 Å². The number of phenolic OH excluding ortho intramolecular Hbond substituents is 1. The Morgan fingerprint density at radius 3 is 2.37 bits per heavy atom. The fourth-order valence-corrected chi connectivity index (χ4v) is 3.88. The lowest BCUT2D eigenvalue weighted by Crippen LogP contribution is -1.93. The van der Waals surface area contributed by atoms with Crippen molar-refractivity contribution in [2.75, 3.05) is 0 Å². The lowest BCUT2D eigenvalue weighted by atomic mass is 10.1. The van der Waals surface area contributed by atoms with Crippen molar-refractivity contribution in [2.24, 2.45) is 10.2 Å². The summed E-state index contributed by atoms with van der Waals surface area (Å²) in [5, 5.41) is 20.0. The monoisotopic (exact) mass is 397 g/mol. The molecule has 0 bridgehead atoms. The molecule has 0 unspecified atom stereocenters. The molecule has 0 aliphatic rings. The molecule has 138 valence electrons. The van der Waals surface area contributed by atoms with Crippen molar-refractivity contribution in [2.45, 2.75) is 27.7 Å². The molecular weight excluding hydrogens is 378 g/mol. The third-order valence-corrected chi connectivity index (χ3v) is 5.71. The fourth-order valence-electron chi connectivity index (χ4n) is 2.74. The summed E-state index contributed by atoms with van der Waals surface area (Å²) in [5.74, 6) is 0.321. The highest BCUT2D eigenvalue weighted by molar-refractivity contribution is 7.17. The van der Waals surface area contributed by atoms with Crippen LogP contribution in [0.25, 0.3) is 10.6 Å². The Kier molecular flexibility index (Phi) is 5.73. The predicted octanol–water partition coefficient (Wildman–Crippen LogP) is 5.94. The third-order valence-electron chi connectivity index (χ3n) is 4.14. The van der Waals surface area contributed by atoms with Gasteiger partial charge in [0, 0.05) is 10.6 Å². The maximum atomic E-state index is 9.85. The van der Waals surface area contributed by atoms with Crippen LogP contribution in [0.2, 0.25) is 5.02 Å². The first-order chi connectivity index (χ1) is 12.8. The molecule has 0 aliphatic heterocycles. The predicted molar refractivity (Wildman–Crippen MR) is 115 cm³/mol. The topological polar surface area (TPSA) is 57.8 Å². The molecule has 0 saturated heterocycles. The largest absolute Gasteiger partial charge is 0.507 e. The molecule has 0 spiro atoms. The Hall–Kier alpha value is -2.50. The number of hydrogen-bond acceptors (Lipinski definition) is 5. The first kappa shape index (κ1) is 19.3. The van der Waals surface area contributed by atoms with E-state index in [9.17, 15) is 5.11 Å². The number of aromatic nitrogens is 1. The minimum atomic E-state index is 0.321. The zero-order chi connectivity index (χ0) is 19.6. The molecule has 1 aromatic heterocycles. The summed E-state index contributed by atoms with van der Waals surface area (Å²) in [4.78, 5) is 5.66. The molecule has 0 fully saturated rings. The molecule has 1 heterocycles. The van der Waals surface area contributed by atoms with Gasteiger partial charge in [-0.15, -0.1) is 11.3 Å². The molecule has 6 heteroatoms. The van der Waals surface area contributed by atoms with E-state index < -0.39 is 0 Å². The summed E-state index contributed by atoms with van der Waals surface area (Å²) < 4.78 is 0. The van der Waals surface area contributed by atoms with Crippen LogP contribution in [0.3, 0.4) is 0 Å². The van der Waals surface area contributed by atoms with Gasteiger partial charge < -0.3 is 5.11 Å². The first-order valence-corrected chi connectivity index (χ1v) is 9.66. The number of phenols is 1. The van der Waals surface area contributed by atoms with Crippen LogP contribution in [-0.4, -0.2) is 22.0 Å². The number of nitrogens with zero attached hydrogens (tertiary/aromatic N) is 3. The highest BCUT2D eigenvalue weighted by Crippen LogP contribution is 2.29. The normalized spacial score (nSPS) is 12.1.